The Morgan fingerprint density at radius 2 is 1.14 bits per heavy atom. The van der Waals surface area contributed by atoms with Crippen LogP contribution in [0, 0.1) is 0 Å². The molecule has 14 heavy (non-hydrogen) atoms. The zero-order chi connectivity index (χ0) is 9.10. The van der Waals surface area contributed by atoms with Gasteiger partial charge < -0.3 is 5.11 Å². The fraction of sp³-hybridized carbons (Fsp3) is 0. The Bertz CT molecular complexity index is 381. The number of rotatable bonds is 1. The molecule has 65 valence electrons. The van der Waals surface area contributed by atoms with Crippen molar-refractivity contribution in [2.45, 2.75) is 0 Å². The molecular weight excluding hydrogens is 199 g/mol. The van der Waals surface area contributed by atoms with Crippen molar-refractivity contribution in [3.05, 3.63) is 54.6 Å². The van der Waals surface area contributed by atoms with E-state index in [1.807, 2.05) is 42.5 Å². The maximum absolute atomic E-state index is 9.10. The Kier molecular flexibility index (Phi) is 4.85. The van der Waals surface area contributed by atoms with E-state index in [1.165, 1.54) is 5.56 Å². The Morgan fingerprint density at radius 3 is 1.71 bits per heavy atom. The molecule has 0 aliphatic rings. The Labute approximate surface area is 126 Å². The van der Waals surface area contributed by atoms with Crippen LogP contribution in [0.2, 0.25) is 0 Å². The Balaban J connectivity index is 0.000000980. The summed E-state index contributed by atoms with van der Waals surface area (Å²) in [5.74, 6) is 0.305. The number of benzene rings is 2. The average molecular weight is 209 g/mol. The Hall–Kier alpha value is -0.124. The van der Waals surface area contributed by atoms with E-state index in [-0.39, 0.29) is 51.4 Å². The number of hydrogen-bond acceptors (Lipinski definition) is 1. The van der Waals surface area contributed by atoms with Gasteiger partial charge >= 0.3 is 0 Å². The number of phenols is 1. The third kappa shape index (κ3) is 2.94. The minimum absolute atomic E-state index is 0. The van der Waals surface area contributed by atoms with E-state index in [0.29, 0.717) is 5.75 Å². The summed E-state index contributed by atoms with van der Waals surface area (Å²) in [5.41, 5.74) is 2.29. The van der Waals surface area contributed by atoms with E-state index in [1.54, 1.807) is 12.1 Å². The molecule has 0 amide bonds. The van der Waals surface area contributed by atoms with Crippen LogP contribution in [0.3, 0.4) is 0 Å². The molecule has 2 heteroatoms. The predicted octanol–water partition coefficient (Wildman–Crippen LogP) is 2.68. The summed E-state index contributed by atoms with van der Waals surface area (Å²) < 4.78 is 0. The summed E-state index contributed by atoms with van der Waals surface area (Å²) in [4.78, 5) is 0. The molecular formula is C12H10KO. The zero-order valence-corrected chi connectivity index (χ0v) is 11.3. The zero-order valence-electron chi connectivity index (χ0n) is 8.14. The van der Waals surface area contributed by atoms with Crippen LogP contribution in [0.25, 0.3) is 11.1 Å². The van der Waals surface area contributed by atoms with Crippen LogP contribution >= 0.6 is 0 Å². The van der Waals surface area contributed by atoms with Crippen molar-refractivity contribution in [2.75, 3.05) is 0 Å². The smallest absolute Gasteiger partial charge is 0.115 e. The first-order chi connectivity index (χ1) is 6.36. The molecule has 0 fully saturated rings. The van der Waals surface area contributed by atoms with E-state index in [9.17, 15) is 0 Å². The van der Waals surface area contributed by atoms with Crippen molar-refractivity contribution < 1.29 is 5.11 Å². The largest absolute Gasteiger partial charge is 0.508 e. The van der Waals surface area contributed by atoms with Crippen molar-refractivity contribution in [3.63, 3.8) is 0 Å². The second-order valence-electron chi connectivity index (χ2n) is 2.91. The van der Waals surface area contributed by atoms with Gasteiger partial charge in [0, 0.05) is 51.4 Å². The first-order valence-electron chi connectivity index (χ1n) is 4.21. The molecule has 2 aromatic carbocycles. The van der Waals surface area contributed by atoms with Gasteiger partial charge in [-0.2, -0.15) is 0 Å². The van der Waals surface area contributed by atoms with Crippen LogP contribution in [-0.2, 0) is 0 Å². The van der Waals surface area contributed by atoms with Gasteiger partial charge in [0.2, 0.25) is 0 Å². The van der Waals surface area contributed by atoms with Crippen molar-refractivity contribution in [2.24, 2.45) is 0 Å². The van der Waals surface area contributed by atoms with Crippen LogP contribution in [-0.4, -0.2) is 56.5 Å². The quantitative estimate of drug-likeness (QED) is 0.716. The second-order valence-corrected chi connectivity index (χ2v) is 2.91. The molecule has 0 atom stereocenters. The average Bonchev–Trinajstić information content (AvgIpc) is 2.20. The summed E-state index contributed by atoms with van der Waals surface area (Å²) in [6.07, 6.45) is 0. The van der Waals surface area contributed by atoms with Gasteiger partial charge in [-0.05, 0) is 23.3 Å². The van der Waals surface area contributed by atoms with E-state index in [0.717, 1.165) is 5.56 Å². The fourth-order valence-electron chi connectivity index (χ4n) is 1.28. The summed E-state index contributed by atoms with van der Waals surface area (Å²) in [6, 6.07) is 17.3. The van der Waals surface area contributed by atoms with Crippen LogP contribution in [0.15, 0.2) is 54.6 Å². The topological polar surface area (TPSA) is 20.2 Å². The minimum Gasteiger partial charge on any atom is -0.508 e. The molecule has 0 aliphatic carbocycles. The first kappa shape index (κ1) is 11.9. The van der Waals surface area contributed by atoms with Gasteiger partial charge in [0.25, 0.3) is 0 Å². The summed E-state index contributed by atoms with van der Waals surface area (Å²) in [6.45, 7) is 0. The van der Waals surface area contributed by atoms with Gasteiger partial charge in [-0.3, -0.25) is 0 Å². The van der Waals surface area contributed by atoms with Gasteiger partial charge in [-0.1, -0.05) is 42.5 Å². The van der Waals surface area contributed by atoms with Gasteiger partial charge in [-0.25, -0.2) is 0 Å². The van der Waals surface area contributed by atoms with Crippen LogP contribution in [0.1, 0.15) is 0 Å². The molecule has 2 aromatic rings. The monoisotopic (exact) mass is 209 g/mol. The van der Waals surface area contributed by atoms with Crippen LogP contribution < -0.4 is 0 Å². The van der Waals surface area contributed by atoms with Crippen molar-refractivity contribution in [1.82, 2.24) is 0 Å². The second kappa shape index (κ2) is 5.68. The molecule has 0 unspecified atom stereocenters. The van der Waals surface area contributed by atoms with E-state index in [4.69, 9.17) is 5.11 Å². The summed E-state index contributed by atoms with van der Waals surface area (Å²) in [5, 5.41) is 9.10. The third-order valence-electron chi connectivity index (χ3n) is 1.97. The van der Waals surface area contributed by atoms with Gasteiger partial charge in [-0.15, -0.1) is 0 Å². The summed E-state index contributed by atoms with van der Waals surface area (Å²) in [7, 11) is 0. The molecule has 1 radical (unpaired) electrons. The molecule has 0 aliphatic heterocycles. The molecule has 0 aromatic heterocycles. The molecule has 2 rings (SSSR count). The molecule has 0 saturated heterocycles. The van der Waals surface area contributed by atoms with E-state index >= 15 is 0 Å². The van der Waals surface area contributed by atoms with E-state index in [2.05, 4.69) is 0 Å². The number of phenolic OH excluding ortho intramolecular Hbond substituents is 1. The van der Waals surface area contributed by atoms with Gasteiger partial charge in [0.1, 0.15) is 5.75 Å². The van der Waals surface area contributed by atoms with Crippen LogP contribution in [0.4, 0.5) is 0 Å². The first-order valence-corrected chi connectivity index (χ1v) is 4.21. The fourth-order valence-corrected chi connectivity index (χ4v) is 1.28. The molecule has 0 spiro atoms. The minimum atomic E-state index is 0. The van der Waals surface area contributed by atoms with Crippen molar-refractivity contribution in [3.8, 4) is 16.9 Å². The number of aromatic hydroxyl groups is 1. The molecule has 0 bridgehead atoms. The van der Waals surface area contributed by atoms with Gasteiger partial charge in [0.15, 0.2) is 0 Å². The van der Waals surface area contributed by atoms with E-state index < -0.39 is 0 Å². The van der Waals surface area contributed by atoms with Crippen LogP contribution in [0.5, 0.6) is 5.75 Å². The number of hydrogen-bond donors (Lipinski definition) is 1. The van der Waals surface area contributed by atoms with Gasteiger partial charge in [0.05, 0.1) is 0 Å². The molecule has 1 N–H and O–H groups in total. The molecule has 1 nitrogen and oxygen atoms in total. The SMILES string of the molecule is Oc1ccc(-c2ccccc2)cc1.[K]. The third-order valence-corrected chi connectivity index (χ3v) is 1.97. The van der Waals surface area contributed by atoms with Crippen molar-refractivity contribution >= 4 is 51.4 Å². The maximum Gasteiger partial charge on any atom is 0.115 e. The standard InChI is InChI=1S/C12H10O.K/c13-12-8-6-11(7-9-12)10-4-2-1-3-5-10;/h1-9,13H;. The molecule has 0 heterocycles. The van der Waals surface area contributed by atoms with Crippen molar-refractivity contribution in [1.29, 1.82) is 0 Å². The molecule has 0 saturated carbocycles. The summed E-state index contributed by atoms with van der Waals surface area (Å²) >= 11 is 0. The normalized spacial score (nSPS) is 9.14. The Morgan fingerprint density at radius 1 is 0.643 bits per heavy atom. The predicted molar refractivity (Wildman–Crippen MR) is 59.3 cm³/mol. The maximum atomic E-state index is 9.10.